The van der Waals surface area contributed by atoms with Gasteiger partial charge in [0.15, 0.2) is 11.6 Å². The van der Waals surface area contributed by atoms with E-state index < -0.39 is 0 Å². The van der Waals surface area contributed by atoms with Gasteiger partial charge in [0, 0.05) is 6.04 Å². The maximum atomic E-state index is 13.6. The second kappa shape index (κ2) is 4.13. The number of aromatic nitrogens is 2. The molecule has 2 rings (SSSR count). The van der Waals surface area contributed by atoms with E-state index in [1.54, 1.807) is 6.92 Å². The molecule has 0 radical (unpaired) electrons. The minimum Gasteiger partial charge on any atom is -0.365 e. The second-order valence-electron chi connectivity index (χ2n) is 4.38. The molecule has 82 valence electrons. The van der Waals surface area contributed by atoms with E-state index in [4.69, 9.17) is 0 Å². The van der Waals surface area contributed by atoms with Crippen molar-refractivity contribution in [1.29, 1.82) is 0 Å². The van der Waals surface area contributed by atoms with Gasteiger partial charge in [0.25, 0.3) is 0 Å². The Morgan fingerprint density at radius 1 is 1.40 bits per heavy atom. The third-order valence-corrected chi connectivity index (χ3v) is 3.00. The molecule has 2 atom stereocenters. The standard InChI is InChI=1S/C11H16FN3/c1-7-3-4-9(5-7)15-11-10(12)8(2)13-6-14-11/h6-7,9H,3-5H2,1-2H3,(H,13,14,15). The van der Waals surface area contributed by atoms with Crippen LogP contribution in [0.1, 0.15) is 31.9 Å². The quantitative estimate of drug-likeness (QED) is 0.813. The van der Waals surface area contributed by atoms with Crippen molar-refractivity contribution < 1.29 is 4.39 Å². The fourth-order valence-corrected chi connectivity index (χ4v) is 2.09. The highest BCUT2D eigenvalue weighted by atomic mass is 19.1. The molecule has 1 aromatic heterocycles. The summed E-state index contributed by atoms with van der Waals surface area (Å²) in [5.74, 6) is 0.757. The van der Waals surface area contributed by atoms with Gasteiger partial charge in [-0.2, -0.15) is 0 Å². The molecule has 1 fully saturated rings. The van der Waals surface area contributed by atoms with Gasteiger partial charge in [0.1, 0.15) is 6.33 Å². The number of aryl methyl sites for hydroxylation is 1. The van der Waals surface area contributed by atoms with Crippen LogP contribution < -0.4 is 5.32 Å². The fourth-order valence-electron chi connectivity index (χ4n) is 2.09. The van der Waals surface area contributed by atoms with Crippen molar-refractivity contribution >= 4 is 5.82 Å². The van der Waals surface area contributed by atoms with Gasteiger partial charge in [-0.15, -0.1) is 0 Å². The van der Waals surface area contributed by atoms with Crippen molar-refractivity contribution in [2.45, 2.75) is 39.2 Å². The van der Waals surface area contributed by atoms with Gasteiger partial charge in [0.2, 0.25) is 0 Å². The smallest absolute Gasteiger partial charge is 0.186 e. The molecule has 1 aliphatic carbocycles. The molecule has 1 aliphatic rings. The lowest BCUT2D eigenvalue weighted by Crippen LogP contribution is -2.17. The number of nitrogens with one attached hydrogen (secondary N) is 1. The Balaban J connectivity index is 2.07. The van der Waals surface area contributed by atoms with E-state index in [1.165, 1.54) is 12.7 Å². The molecule has 0 spiro atoms. The predicted molar refractivity (Wildman–Crippen MR) is 57.2 cm³/mol. The highest BCUT2D eigenvalue weighted by Crippen LogP contribution is 2.27. The van der Waals surface area contributed by atoms with Gasteiger partial charge >= 0.3 is 0 Å². The van der Waals surface area contributed by atoms with Gasteiger partial charge in [-0.05, 0) is 32.1 Å². The monoisotopic (exact) mass is 209 g/mol. The molecule has 4 heteroatoms. The minimum atomic E-state index is -0.322. The lowest BCUT2D eigenvalue weighted by atomic mass is 10.1. The molecule has 0 aliphatic heterocycles. The first-order valence-corrected chi connectivity index (χ1v) is 5.40. The van der Waals surface area contributed by atoms with Gasteiger partial charge in [-0.1, -0.05) is 6.92 Å². The Labute approximate surface area is 89.1 Å². The van der Waals surface area contributed by atoms with Crippen LogP contribution in [0.3, 0.4) is 0 Å². The van der Waals surface area contributed by atoms with Crippen LogP contribution in [0.5, 0.6) is 0 Å². The number of nitrogens with zero attached hydrogens (tertiary/aromatic N) is 2. The normalized spacial score (nSPS) is 25.5. The molecule has 1 N–H and O–H groups in total. The van der Waals surface area contributed by atoms with E-state index in [0.29, 0.717) is 17.6 Å². The van der Waals surface area contributed by atoms with Crippen molar-refractivity contribution in [3.63, 3.8) is 0 Å². The summed E-state index contributed by atoms with van der Waals surface area (Å²) in [4.78, 5) is 7.73. The zero-order valence-electron chi connectivity index (χ0n) is 9.13. The SMILES string of the molecule is Cc1ncnc(NC2CCC(C)C2)c1F. The summed E-state index contributed by atoms with van der Waals surface area (Å²) in [6.45, 7) is 3.88. The molecular weight excluding hydrogens is 193 g/mol. The third-order valence-electron chi connectivity index (χ3n) is 3.00. The zero-order valence-corrected chi connectivity index (χ0v) is 9.13. The van der Waals surface area contributed by atoms with E-state index in [2.05, 4.69) is 22.2 Å². The molecule has 3 nitrogen and oxygen atoms in total. The first kappa shape index (κ1) is 10.3. The molecule has 15 heavy (non-hydrogen) atoms. The van der Waals surface area contributed by atoms with E-state index in [1.807, 2.05) is 0 Å². The van der Waals surface area contributed by atoms with E-state index in [9.17, 15) is 4.39 Å². The first-order chi connectivity index (χ1) is 7.16. The highest BCUT2D eigenvalue weighted by molar-refractivity contribution is 5.38. The zero-order chi connectivity index (χ0) is 10.8. The Morgan fingerprint density at radius 2 is 2.20 bits per heavy atom. The van der Waals surface area contributed by atoms with Crippen LogP contribution >= 0.6 is 0 Å². The van der Waals surface area contributed by atoms with Crippen molar-refractivity contribution in [3.05, 3.63) is 17.8 Å². The summed E-state index contributed by atoms with van der Waals surface area (Å²) in [6.07, 6.45) is 4.81. The topological polar surface area (TPSA) is 37.8 Å². The number of hydrogen-bond acceptors (Lipinski definition) is 3. The van der Waals surface area contributed by atoms with Crippen LogP contribution in [0.15, 0.2) is 6.33 Å². The van der Waals surface area contributed by atoms with Crippen LogP contribution in [0, 0.1) is 18.7 Å². The van der Waals surface area contributed by atoms with Crippen LogP contribution in [-0.2, 0) is 0 Å². The van der Waals surface area contributed by atoms with Gasteiger partial charge < -0.3 is 5.32 Å². The molecule has 2 unspecified atom stereocenters. The van der Waals surface area contributed by atoms with Gasteiger partial charge in [-0.25, -0.2) is 14.4 Å². The van der Waals surface area contributed by atoms with Gasteiger partial charge in [0.05, 0.1) is 5.69 Å². The third kappa shape index (κ3) is 2.25. The van der Waals surface area contributed by atoms with Crippen molar-refractivity contribution in [2.75, 3.05) is 5.32 Å². The number of hydrogen-bond donors (Lipinski definition) is 1. The summed E-state index contributed by atoms with van der Waals surface area (Å²) in [5.41, 5.74) is 0.401. The predicted octanol–water partition coefficient (Wildman–Crippen LogP) is 2.52. The fraction of sp³-hybridized carbons (Fsp3) is 0.636. The summed E-state index contributed by atoms with van der Waals surface area (Å²) < 4.78 is 13.6. The molecule has 1 heterocycles. The maximum absolute atomic E-state index is 13.6. The maximum Gasteiger partial charge on any atom is 0.186 e. The van der Waals surface area contributed by atoms with Crippen molar-refractivity contribution in [2.24, 2.45) is 5.92 Å². The number of rotatable bonds is 2. The van der Waals surface area contributed by atoms with E-state index in [0.717, 1.165) is 18.8 Å². The summed E-state index contributed by atoms with van der Waals surface area (Å²) >= 11 is 0. The van der Waals surface area contributed by atoms with Crippen LogP contribution in [-0.4, -0.2) is 16.0 Å². The molecule has 0 bridgehead atoms. The van der Waals surface area contributed by atoms with Gasteiger partial charge in [-0.3, -0.25) is 0 Å². The molecule has 0 aromatic carbocycles. The van der Waals surface area contributed by atoms with Crippen LogP contribution in [0.2, 0.25) is 0 Å². The van der Waals surface area contributed by atoms with E-state index in [-0.39, 0.29) is 5.82 Å². The molecule has 1 saturated carbocycles. The minimum absolute atomic E-state index is 0.322. The Kier molecular flexibility index (Phi) is 2.84. The van der Waals surface area contributed by atoms with Crippen LogP contribution in [0.25, 0.3) is 0 Å². The van der Waals surface area contributed by atoms with Crippen LogP contribution in [0.4, 0.5) is 10.2 Å². The van der Waals surface area contributed by atoms with Crippen molar-refractivity contribution in [1.82, 2.24) is 9.97 Å². The Morgan fingerprint density at radius 3 is 2.87 bits per heavy atom. The average Bonchev–Trinajstić information content (AvgIpc) is 2.59. The molecule has 0 saturated heterocycles. The number of anilines is 1. The molecule has 1 aromatic rings. The Bertz CT molecular complexity index is 354. The summed E-state index contributed by atoms with van der Waals surface area (Å²) in [5, 5.41) is 3.15. The average molecular weight is 209 g/mol. The largest absolute Gasteiger partial charge is 0.365 e. The second-order valence-corrected chi connectivity index (χ2v) is 4.38. The molecular formula is C11H16FN3. The lowest BCUT2D eigenvalue weighted by Gasteiger charge is -2.13. The van der Waals surface area contributed by atoms with Crippen molar-refractivity contribution in [3.8, 4) is 0 Å². The lowest BCUT2D eigenvalue weighted by molar-refractivity contribution is 0.587. The number of halogens is 1. The molecule has 0 amide bonds. The summed E-state index contributed by atoms with van der Waals surface area (Å²) in [7, 11) is 0. The van der Waals surface area contributed by atoms with E-state index >= 15 is 0 Å². The first-order valence-electron chi connectivity index (χ1n) is 5.40. The highest BCUT2D eigenvalue weighted by Gasteiger charge is 2.22. The Hall–Kier alpha value is -1.19. The summed E-state index contributed by atoms with van der Waals surface area (Å²) in [6, 6.07) is 0.365.